The fraction of sp³-hybridized carbons (Fsp3) is 0.304. The van der Waals surface area contributed by atoms with Crippen LogP contribution >= 0.6 is 11.6 Å². The molecule has 1 saturated carbocycles. The van der Waals surface area contributed by atoms with Crippen molar-refractivity contribution in [1.82, 2.24) is 9.55 Å². The van der Waals surface area contributed by atoms with Gasteiger partial charge >= 0.3 is 11.9 Å². The van der Waals surface area contributed by atoms with Gasteiger partial charge in [-0.05, 0) is 56.0 Å². The number of carbonyl (C=O) groups excluding carboxylic acids is 1. The Morgan fingerprint density at radius 1 is 1.32 bits per heavy atom. The van der Waals surface area contributed by atoms with Crippen LogP contribution in [0.3, 0.4) is 0 Å². The molecule has 0 radical (unpaired) electrons. The van der Waals surface area contributed by atoms with E-state index in [9.17, 15) is 14.8 Å². The van der Waals surface area contributed by atoms with Gasteiger partial charge in [0.05, 0.1) is 27.7 Å². The van der Waals surface area contributed by atoms with Gasteiger partial charge in [0.25, 0.3) is 0 Å². The molecule has 1 amide bonds. The SMILES string of the molecule is Cc1ccc(Oc2nc3cc(C#CC4CCCC4O)c(Cl)cc3n2C)cc1C(=O)N=O. The third kappa shape index (κ3) is 4.18. The van der Waals surface area contributed by atoms with Crippen LogP contribution in [0.25, 0.3) is 11.0 Å². The third-order valence-corrected chi connectivity index (χ3v) is 5.84. The lowest BCUT2D eigenvalue weighted by molar-refractivity contribution is 0.1000. The van der Waals surface area contributed by atoms with Gasteiger partial charge in [0.2, 0.25) is 0 Å². The van der Waals surface area contributed by atoms with E-state index in [2.05, 4.69) is 22.0 Å². The van der Waals surface area contributed by atoms with Gasteiger partial charge in [-0.2, -0.15) is 4.98 Å². The Balaban J connectivity index is 1.66. The highest BCUT2D eigenvalue weighted by atomic mass is 35.5. The minimum atomic E-state index is -0.852. The van der Waals surface area contributed by atoms with Crippen molar-refractivity contribution in [2.24, 2.45) is 18.1 Å². The topological polar surface area (TPSA) is 93.8 Å². The van der Waals surface area contributed by atoms with E-state index in [4.69, 9.17) is 16.3 Å². The van der Waals surface area contributed by atoms with Gasteiger partial charge in [-0.25, -0.2) is 0 Å². The number of aromatic nitrogens is 2. The summed E-state index contributed by atoms with van der Waals surface area (Å²) < 4.78 is 7.60. The second kappa shape index (κ2) is 8.50. The second-order valence-corrected chi connectivity index (χ2v) is 8.03. The van der Waals surface area contributed by atoms with Crippen molar-refractivity contribution < 1.29 is 14.6 Å². The number of halogens is 1. The molecule has 1 N–H and O–H groups in total. The molecule has 1 aliphatic rings. The van der Waals surface area contributed by atoms with E-state index in [0.717, 1.165) is 24.8 Å². The molecule has 2 aromatic carbocycles. The van der Waals surface area contributed by atoms with Crippen molar-refractivity contribution >= 4 is 28.5 Å². The first-order valence-corrected chi connectivity index (χ1v) is 10.3. The molecule has 0 spiro atoms. The number of nitroso groups, excluding NO2 is 1. The number of fused-ring (bicyclic) bond motifs is 1. The molecular formula is C23H20ClN3O4. The number of ether oxygens (including phenoxy) is 1. The fourth-order valence-corrected chi connectivity index (χ4v) is 3.91. The van der Waals surface area contributed by atoms with E-state index in [-0.39, 0.29) is 17.6 Å². The zero-order chi connectivity index (χ0) is 22.1. The highest BCUT2D eigenvalue weighted by Crippen LogP contribution is 2.30. The van der Waals surface area contributed by atoms with Crippen LogP contribution in [-0.2, 0) is 7.05 Å². The van der Waals surface area contributed by atoms with Crippen LogP contribution in [0.2, 0.25) is 5.02 Å². The van der Waals surface area contributed by atoms with Crippen molar-refractivity contribution in [2.75, 3.05) is 0 Å². The number of amides is 1. The molecule has 1 aromatic heterocycles. The number of aryl methyl sites for hydroxylation is 2. The lowest BCUT2D eigenvalue weighted by Gasteiger charge is -2.07. The van der Waals surface area contributed by atoms with Crippen LogP contribution < -0.4 is 4.74 Å². The monoisotopic (exact) mass is 437 g/mol. The molecule has 7 nitrogen and oxygen atoms in total. The van der Waals surface area contributed by atoms with Gasteiger partial charge < -0.3 is 9.84 Å². The number of hydrogen-bond acceptors (Lipinski definition) is 5. The normalized spacial score (nSPS) is 17.9. The Bertz CT molecular complexity index is 1260. The number of hydrogen-bond donors (Lipinski definition) is 1. The molecule has 158 valence electrons. The number of aliphatic hydroxyl groups excluding tert-OH is 1. The Kier molecular flexibility index (Phi) is 5.77. The summed E-state index contributed by atoms with van der Waals surface area (Å²) >= 11 is 6.43. The van der Waals surface area contributed by atoms with Crippen molar-refractivity contribution in [3.63, 3.8) is 0 Å². The van der Waals surface area contributed by atoms with Gasteiger partial charge in [-0.3, -0.25) is 9.36 Å². The van der Waals surface area contributed by atoms with E-state index < -0.39 is 5.91 Å². The summed E-state index contributed by atoms with van der Waals surface area (Å²) in [6.07, 6.45) is 2.26. The molecule has 0 aliphatic heterocycles. The maximum atomic E-state index is 11.7. The molecule has 3 aromatic rings. The van der Waals surface area contributed by atoms with Gasteiger partial charge in [0.15, 0.2) is 0 Å². The Morgan fingerprint density at radius 2 is 2.13 bits per heavy atom. The smallest absolute Gasteiger partial charge is 0.317 e. The largest absolute Gasteiger partial charge is 0.425 e. The van der Waals surface area contributed by atoms with E-state index >= 15 is 0 Å². The van der Waals surface area contributed by atoms with Crippen molar-refractivity contribution in [3.8, 4) is 23.6 Å². The Hall–Kier alpha value is -3.21. The lowest BCUT2D eigenvalue weighted by atomic mass is 10.1. The summed E-state index contributed by atoms with van der Waals surface area (Å²) in [4.78, 5) is 26.8. The number of rotatable bonds is 3. The van der Waals surface area contributed by atoms with Crippen molar-refractivity contribution in [1.29, 1.82) is 0 Å². The molecule has 0 bridgehead atoms. The van der Waals surface area contributed by atoms with Crippen LogP contribution in [0.1, 0.15) is 40.7 Å². The number of nitrogens with zero attached hydrogens (tertiary/aromatic N) is 3. The molecule has 2 unspecified atom stereocenters. The van der Waals surface area contributed by atoms with Crippen LogP contribution in [0, 0.1) is 29.6 Å². The summed E-state index contributed by atoms with van der Waals surface area (Å²) in [7, 11) is 1.79. The summed E-state index contributed by atoms with van der Waals surface area (Å²) in [5.41, 5.74) is 2.85. The molecule has 0 saturated heterocycles. The zero-order valence-electron chi connectivity index (χ0n) is 17.1. The maximum absolute atomic E-state index is 11.7. The standard InChI is InChI=1S/C23H20ClN3O4/c1-13-6-9-16(11-17(13)22(29)26-30)31-23-25-19-10-15(18(24)12-20(19)27(23)2)8-7-14-4-3-5-21(14)28/h6,9-12,14,21,28H,3-5H2,1-2H3. The van der Waals surface area contributed by atoms with E-state index in [1.54, 1.807) is 42.8 Å². The van der Waals surface area contributed by atoms with Crippen LogP contribution in [-0.4, -0.2) is 26.7 Å². The molecule has 1 aliphatic carbocycles. The van der Waals surface area contributed by atoms with Gasteiger partial charge in [0.1, 0.15) is 5.75 Å². The minimum absolute atomic E-state index is 0.0336. The lowest BCUT2D eigenvalue weighted by Crippen LogP contribution is -2.10. The quantitative estimate of drug-likeness (QED) is 0.471. The van der Waals surface area contributed by atoms with Crippen LogP contribution in [0.5, 0.6) is 11.8 Å². The van der Waals surface area contributed by atoms with Crippen LogP contribution in [0.4, 0.5) is 0 Å². The average molecular weight is 438 g/mol. The van der Waals surface area contributed by atoms with Crippen molar-refractivity contribution in [2.45, 2.75) is 32.3 Å². The van der Waals surface area contributed by atoms with E-state index in [0.29, 0.717) is 33.4 Å². The first kappa shape index (κ1) is 21.0. The first-order chi connectivity index (χ1) is 14.9. The molecule has 1 heterocycles. The van der Waals surface area contributed by atoms with Crippen LogP contribution in [0.15, 0.2) is 35.5 Å². The summed E-state index contributed by atoms with van der Waals surface area (Å²) in [6, 6.07) is 8.69. The predicted octanol–water partition coefficient (Wildman–Crippen LogP) is 4.75. The highest BCUT2D eigenvalue weighted by molar-refractivity contribution is 6.32. The molecule has 1 fully saturated rings. The summed E-state index contributed by atoms with van der Waals surface area (Å²) in [5, 5.41) is 12.9. The molecule has 31 heavy (non-hydrogen) atoms. The van der Waals surface area contributed by atoms with Gasteiger partial charge in [-0.15, -0.1) is 4.91 Å². The average Bonchev–Trinajstić information content (AvgIpc) is 3.30. The number of benzene rings is 2. The molecule has 2 atom stereocenters. The first-order valence-electron chi connectivity index (χ1n) is 9.89. The highest BCUT2D eigenvalue weighted by Gasteiger charge is 2.23. The number of imidazole rings is 1. The second-order valence-electron chi connectivity index (χ2n) is 7.62. The van der Waals surface area contributed by atoms with E-state index in [1.807, 2.05) is 0 Å². The predicted molar refractivity (Wildman–Crippen MR) is 117 cm³/mol. The maximum Gasteiger partial charge on any atom is 0.317 e. The molecular weight excluding hydrogens is 418 g/mol. The third-order valence-electron chi connectivity index (χ3n) is 5.53. The number of carbonyl (C=O) groups is 1. The molecule has 4 rings (SSSR count). The fourth-order valence-electron chi connectivity index (χ4n) is 3.71. The Labute approximate surface area is 184 Å². The Morgan fingerprint density at radius 3 is 2.84 bits per heavy atom. The number of aliphatic hydroxyl groups is 1. The van der Waals surface area contributed by atoms with Gasteiger partial charge in [0, 0.05) is 23.7 Å². The summed E-state index contributed by atoms with van der Waals surface area (Å²) in [6.45, 7) is 1.71. The molecule has 8 heteroatoms. The van der Waals surface area contributed by atoms with E-state index in [1.165, 1.54) is 6.07 Å². The summed E-state index contributed by atoms with van der Waals surface area (Å²) in [5.74, 6) is 5.68. The minimum Gasteiger partial charge on any atom is -0.425 e. The zero-order valence-corrected chi connectivity index (χ0v) is 17.8. The van der Waals surface area contributed by atoms with Gasteiger partial charge in [-0.1, -0.05) is 29.5 Å². The van der Waals surface area contributed by atoms with Crippen molar-refractivity contribution in [3.05, 3.63) is 57.0 Å².